The summed E-state index contributed by atoms with van der Waals surface area (Å²) in [7, 11) is 1.24. The van der Waals surface area contributed by atoms with Crippen LogP contribution in [0.1, 0.15) is 15.9 Å². The van der Waals surface area contributed by atoms with Crippen LogP contribution in [0.3, 0.4) is 0 Å². The number of aromatic hydroxyl groups is 2. The molecule has 0 spiro atoms. The van der Waals surface area contributed by atoms with E-state index in [1.54, 1.807) is 30.3 Å². The van der Waals surface area contributed by atoms with Crippen LogP contribution in [0, 0.1) is 0 Å². The van der Waals surface area contributed by atoms with Gasteiger partial charge in [0, 0.05) is 21.7 Å². The van der Waals surface area contributed by atoms with E-state index in [0.717, 1.165) is 0 Å². The number of ether oxygens (including phenoxy) is 1. The second-order valence-corrected chi connectivity index (χ2v) is 5.73. The standard InChI is InChI=1S/C19H12O6/c1-25-19-12-7-11-10(6-8-4-2-3-5-9(8)14(11)20)15(21)13(12)16(22)17(23)18(19)24/h2-7,20-21,24H,1H3. The van der Waals surface area contributed by atoms with Gasteiger partial charge in [0.1, 0.15) is 11.5 Å². The summed E-state index contributed by atoms with van der Waals surface area (Å²) >= 11 is 0. The number of hydrogen-bond donors (Lipinski definition) is 3. The highest BCUT2D eigenvalue weighted by Crippen LogP contribution is 2.44. The van der Waals surface area contributed by atoms with Crippen LogP contribution in [0.15, 0.2) is 42.2 Å². The molecule has 0 bridgehead atoms. The van der Waals surface area contributed by atoms with E-state index in [1.807, 2.05) is 0 Å². The normalized spacial score (nSPS) is 14.3. The fourth-order valence-corrected chi connectivity index (χ4v) is 3.23. The lowest BCUT2D eigenvalue weighted by atomic mass is 9.87. The molecule has 124 valence electrons. The molecule has 0 aliphatic heterocycles. The predicted molar refractivity (Wildman–Crippen MR) is 90.7 cm³/mol. The van der Waals surface area contributed by atoms with E-state index in [2.05, 4.69) is 0 Å². The third-order valence-electron chi connectivity index (χ3n) is 4.42. The van der Waals surface area contributed by atoms with Crippen LogP contribution in [0.2, 0.25) is 0 Å². The number of benzene rings is 3. The molecule has 6 nitrogen and oxygen atoms in total. The van der Waals surface area contributed by atoms with Crippen LogP contribution in [0.25, 0.3) is 27.3 Å². The molecule has 0 saturated carbocycles. The number of ketones is 2. The van der Waals surface area contributed by atoms with Crippen molar-refractivity contribution in [2.24, 2.45) is 0 Å². The maximum atomic E-state index is 12.3. The second kappa shape index (κ2) is 4.98. The Hall–Kier alpha value is -3.54. The molecule has 1 aliphatic carbocycles. The molecule has 0 radical (unpaired) electrons. The van der Waals surface area contributed by atoms with E-state index in [-0.39, 0.29) is 33.4 Å². The molecule has 3 aromatic rings. The van der Waals surface area contributed by atoms with E-state index in [9.17, 15) is 24.9 Å². The van der Waals surface area contributed by atoms with Gasteiger partial charge in [-0.25, -0.2) is 0 Å². The largest absolute Gasteiger partial charge is 0.507 e. The third kappa shape index (κ3) is 1.85. The first-order chi connectivity index (χ1) is 12.0. The van der Waals surface area contributed by atoms with Gasteiger partial charge in [0.2, 0.25) is 11.5 Å². The molecule has 0 fully saturated rings. The van der Waals surface area contributed by atoms with Gasteiger partial charge in [-0.15, -0.1) is 0 Å². The molecular weight excluding hydrogens is 324 g/mol. The molecule has 0 aromatic heterocycles. The number of phenolic OH excluding ortho intramolecular Hbond substituents is 2. The fraction of sp³-hybridized carbons (Fsp3) is 0.0526. The van der Waals surface area contributed by atoms with Gasteiger partial charge >= 0.3 is 0 Å². The number of rotatable bonds is 1. The Kier molecular flexibility index (Phi) is 2.99. The Bertz CT molecular complexity index is 1140. The molecule has 25 heavy (non-hydrogen) atoms. The smallest absolute Gasteiger partial charge is 0.271 e. The van der Waals surface area contributed by atoms with E-state index in [0.29, 0.717) is 10.8 Å². The average Bonchev–Trinajstić information content (AvgIpc) is 2.61. The fourth-order valence-electron chi connectivity index (χ4n) is 3.23. The highest BCUT2D eigenvalue weighted by atomic mass is 16.5. The summed E-state index contributed by atoms with van der Waals surface area (Å²) < 4.78 is 5.04. The molecule has 6 heteroatoms. The predicted octanol–water partition coefficient (Wildman–Crippen LogP) is 3.04. The topological polar surface area (TPSA) is 104 Å². The summed E-state index contributed by atoms with van der Waals surface area (Å²) in [5, 5.41) is 32.9. The molecule has 1 aliphatic rings. The van der Waals surface area contributed by atoms with Gasteiger partial charge in [0.05, 0.1) is 12.7 Å². The first kappa shape index (κ1) is 15.0. The Labute approximate surface area is 141 Å². The average molecular weight is 336 g/mol. The quantitative estimate of drug-likeness (QED) is 0.466. The SMILES string of the molecule is COC1=C(O)C(=O)C(=O)c2c1cc1c(O)c3ccccc3cc1c2O. The van der Waals surface area contributed by atoms with E-state index in [4.69, 9.17) is 4.74 Å². The molecule has 0 heterocycles. The summed E-state index contributed by atoms with van der Waals surface area (Å²) in [5.41, 5.74) is -0.193. The Morgan fingerprint density at radius 3 is 2.24 bits per heavy atom. The molecule has 3 N–H and O–H groups in total. The number of methoxy groups -OCH3 is 1. The Morgan fingerprint density at radius 2 is 1.52 bits per heavy atom. The van der Waals surface area contributed by atoms with Crippen molar-refractivity contribution in [1.82, 2.24) is 0 Å². The monoisotopic (exact) mass is 336 g/mol. The van der Waals surface area contributed by atoms with Crippen molar-refractivity contribution in [3.63, 3.8) is 0 Å². The van der Waals surface area contributed by atoms with Gasteiger partial charge in [-0.05, 0) is 17.5 Å². The van der Waals surface area contributed by atoms with Crippen molar-refractivity contribution in [3.05, 3.63) is 53.3 Å². The minimum Gasteiger partial charge on any atom is -0.507 e. The molecule has 3 aromatic carbocycles. The Balaban J connectivity index is 2.22. The molecule has 0 unspecified atom stereocenters. The highest BCUT2D eigenvalue weighted by molar-refractivity contribution is 6.52. The van der Waals surface area contributed by atoms with Crippen molar-refractivity contribution in [2.75, 3.05) is 7.11 Å². The molecule has 0 amide bonds. The van der Waals surface area contributed by atoms with Crippen molar-refractivity contribution in [3.8, 4) is 11.5 Å². The zero-order valence-corrected chi connectivity index (χ0v) is 13.0. The summed E-state index contributed by atoms with van der Waals surface area (Å²) in [5.74, 6) is -3.73. The summed E-state index contributed by atoms with van der Waals surface area (Å²) in [6, 6.07) is 10.1. The van der Waals surface area contributed by atoms with Gasteiger partial charge < -0.3 is 20.1 Å². The molecular formula is C19H12O6. The summed E-state index contributed by atoms with van der Waals surface area (Å²) in [6.45, 7) is 0. The van der Waals surface area contributed by atoms with Crippen molar-refractivity contribution >= 4 is 38.9 Å². The van der Waals surface area contributed by atoms with Crippen LogP contribution >= 0.6 is 0 Å². The Morgan fingerprint density at radius 1 is 0.840 bits per heavy atom. The first-order valence-electron chi connectivity index (χ1n) is 7.42. The minimum absolute atomic E-state index is 0.0557. The molecule has 4 rings (SSSR count). The lowest BCUT2D eigenvalue weighted by Crippen LogP contribution is -2.24. The van der Waals surface area contributed by atoms with Gasteiger partial charge in [-0.3, -0.25) is 9.59 Å². The molecule has 0 saturated heterocycles. The van der Waals surface area contributed by atoms with Gasteiger partial charge in [0.15, 0.2) is 5.76 Å². The van der Waals surface area contributed by atoms with Gasteiger partial charge in [-0.1, -0.05) is 24.3 Å². The van der Waals surface area contributed by atoms with Gasteiger partial charge in [-0.2, -0.15) is 0 Å². The van der Waals surface area contributed by atoms with E-state index < -0.39 is 23.1 Å². The van der Waals surface area contributed by atoms with Crippen LogP contribution < -0.4 is 0 Å². The molecule has 0 atom stereocenters. The number of phenols is 2. The highest BCUT2D eigenvalue weighted by Gasteiger charge is 2.37. The first-order valence-corrected chi connectivity index (χ1v) is 7.42. The lowest BCUT2D eigenvalue weighted by molar-refractivity contribution is -0.114. The third-order valence-corrected chi connectivity index (χ3v) is 4.42. The maximum absolute atomic E-state index is 12.3. The maximum Gasteiger partial charge on any atom is 0.271 e. The van der Waals surface area contributed by atoms with E-state index >= 15 is 0 Å². The van der Waals surface area contributed by atoms with Crippen LogP contribution in [0.5, 0.6) is 11.5 Å². The zero-order chi connectivity index (χ0) is 17.9. The number of fused-ring (bicyclic) bond motifs is 3. The number of Topliss-reactive ketones (excluding diaryl/α,β-unsaturated/α-hetero) is 2. The number of carbonyl (C=O) groups excluding carboxylic acids is 2. The van der Waals surface area contributed by atoms with E-state index in [1.165, 1.54) is 13.2 Å². The van der Waals surface area contributed by atoms with Crippen LogP contribution in [-0.4, -0.2) is 34.0 Å². The second-order valence-electron chi connectivity index (χ2n) is 5.73. The summed E-state index contributed by atoms with van der Waals surface area (Å²) in [6.07, 6.45) is 0. The van der Waals surface area contributed by atoms with Crippen LogP contribution in [-0.2, 0) is 9.53 Å². The zero-order valence-electron chi connectivity index (χ0n) is 13.0. The number of aliphatic hydroxyl groups is 1. The minimum atomic E-state index is -1.15. The van der Waals surface area contributed by atoms with Crippen LogP contribution in [0.4, 0.5) is 0 Å². The number of carbonyl (C=O) groups is 2. The van der Waals surface area contributed by atoms with Crippen molar-refractivity contribution in [1.29, 1.82) is 0 Å². The summed E-state index contributed by atoms with van der Waals surface area (Å²) in [4.78, 5) is 24.2. The van der Waals surface area contributed by atoms with Gasteiger partial charge in [0.25, 0.3) is 5.78 Å². The number of hydrogen-bond acceptors (Lipinski definition) is 6. The number of allylic oxidation sites excluding steroid dienone is 1. The number of aliphatic hydroxyl groups excluding tert-OH is 1. The van der Waals surface area contributed by atoms with Crippen molar-refractivity contribution in [2.45, 2.75) is 0 Å². The lowest BCUT2D eigenvalue weighted by Gasteiger charge is -2.20. The van der Waals surface area contributed by atoms with Crippen molar-refractivity contribution < 1.29 is 29.6 Å².